The van der Waals surface area contributed by atoms with Crippen LogP contribution in [0.4, 0.5) is 4.39 Å². The van der Waals surface area contributed by atoms with Crippen molar-refractivity contribution in [1.29, 1.82) is 0 Å². The van der Waals surface area contributed by atoms with E-state index in [1.165, 1.54) is 4.68 Å². The maximum absolute atomic E-state index is 16.3. The summed E-state index contributed by atoms with van der Waals surface area (Å²) < 4.78 is 36.9. The molecule has 1 aliphatic heterocycles. The van der Waals surface area contributed by atoms with Crippen molar-refractivity contribution < 1.29 is 18.0 Å². The summed E-state index contributed by atoms with van der Waals surface area (Å²) >= 11 is 0. The Labute approximate surface area is 214 Å². The number of alkyl halides is 1. The van der Waals surface area contributed by atoms with Gasteiger partial charge in [0.1, 0.15) is 18.0 Å². The minimum atomic E-state index is -2.34. The number of nitrogens with zero attached hydrogens (tertiary/aromatic N) is 4. The van der Waals surface area contributed by atoms with Crippen molar-refractivity contribution in [3.63, 3.8) is 0 Å². The molecule has 2 aromatic heterocycles. The SMILES string of the molecule is CC(C)(C)[Si](C)(C)OC[C@H]1O[C@@H](n2nnc3c(=O)[nH]c(C4CC4)nc32)[C@@H](F)[C@@H]1O[Si](C)(C)C(C)(C)C. The number of halogens is 1. The second-order valence-electron chi connectivity index (χ2n) is 13.4. The summed E-state index contributed by atoms with van der Waals surface area (Å²) in [5, 5.41) is 8.01. The predicted octanol–water partition coefficient (Wildman–Crippen LogP) is 5.04. The lowest BCUT2D eigenvalue weighted by Crippen LogP contribution is -2.50. The molecule has 2 aliphatic rings. The molecule has 12 heteroatoms. The number of fused-ring (bicyclic) bond motifs is 1. The zero-order valence-corrected chi connectivity index (χ0v) is 25.3. The Morgan fingerprint density at radius 3 is 2.25 bits per heavy atom. The zero-order chi connectivity index (χ0) is 26.8. The Morgan fingerprint density at radius 2 is 1.69 bits per heavy atom. The Morgan fingerprint density at radius 1 is 1.08 bits per heavy atom. The molecule has 4 atom stereocenters. The van der Waals surface area contributed by atoms with Crippen molar-refractivity contribution >= 4 is 27.8 Å². The van der Waals surface area contributed by atoms with E-state index in [0.717, 1.165) is 12.8 Å². The molecule has 1 saturated heterocycles. The van der Waals surface area contributed by atoms with E-state index in [9.17, 15) is 4.79 Å². The van der Waals surface area contributed by atoms with Gasteiger partial charge in [-0.25, -0.2) is 9.37 Å². The second-order valence-corrected chi connectivity index (χ2v) is 22.9. The summed E-state index contributed by atoms with van der Waals surface area (Å²) in [5.41, 5.74) is -0.0446. The van der Waals surface area contributed by atoms with Gasteiger partial charge in [-0.05, 0) is 49.1 Å². The third kappa shape index (κ3) is 5.11. The summed E-state index contributed by atoms with van der Waals surface area (Å²) in [5.74, 6) is 0.813. The number of H-pyrrole nitrogens is 1. The van der Waals surface area contributed by atoms with Gasteiger partial charge in [0, 0.05) is 5.92 Å². The van der Waals surface area contributed by atoms with Crippen LogP contribution in [0.2, 0.25) is 36.3 Å². The summed E-state index contributed by atoms with van der Waals surface area (Å²) in [7, 11) is -4.45. The first-order valence-corrected chi connectivity index (χ1v) is 18.7. The van der Waals surface area contributed by atoms with Gasteiger partial charge in [-0.1, -0.05) is 46.8 Å². The van der Waals surface area contributed by atoms with Gasteiger partial charge < -0.3 is 18.6 Å². The van der Waals surface area contributed by atoms with Gasteiger partial charge in [0.2, 0.25) is 0 Å². The Bertz CT molecular complexity index is 1170. The van der Waals surface area contributed by atoms with Crippen LogP contribution in [0.1, 0.15) is 72.4 Å². The Kier molecular flexibility index (Phi) is 6.94. The minimum absolute atomic E-state index is 0.00215. The number of hydrogen-bond acceptors (Lipinski definition) is 7. The lowest BCUT2D eigenvalue weighted by atomic mass is 10.1. The molecule has 1 N–H and O–H groups in total. The van der Waals surface area contributed by atoms with E-state index in [2.05, 4.69) is 88.0 Å². The lowest BCUT2D eigenvalue weighted by Gasteiger charge is -2.40. The Hall–Kier alpha value is -1.48. The van der Waals surface area contributed by atoms with E-state index in [1.807, 2.05) is 0 Å². The van der Waals surface area contributed by atoms with Crippen LogP contribution in [0.5, 0.6) is 0 Å². The predicted molar refractivity (Wildman–Crippen MR) is 142 cm³/mol. The minimum Gasteiger partial charge on any atom is -0.414 e. The molecule has 1 aliphatic carbocycles. The third-order valence-corrected chi connectivity index (χ3v) is 17.5. The van der Waals surface area contributed by atoms with E-state index in [4.69, 9.17) is 13.6 Å². The van der Waals surface area contributed by atoms with Crippen LogP contribution in [0, 0.1) is 0 Å². The van der Waals surface area contributed by atoms with Crippen molar-refractivity contribution in [3.05, 3.63) is 16.2 Å². The highest BCUT2D eigenvalue weighted by Crippen LogP contribution is 2.44. The van der Waals surface area contributed by atoms with E-state index >= 15 is 4.39 Å². The van der Waals surface area contributed by atoms with Crippen LogP contribution < -0.4 is 5.56 Å². The molecule has 0 aromatic carbocycles. The van der Waals surface area contributed by atoms with Gasteiger partial charge in [-0.15, -0.1) is 5.10 Å². The van der Waals surface area contributed by atoms with Crippen LogP contribution in [-0.2, 0) is 13.6 Å². The molecule has 202 valence electrons. The molecular weight excluding hydrogens is 497 g/mol. The van der Waals surface area contributed by atoms with E-state index in [1.54, 1.807) is 0 Å². The topological polar surface area (TPSA) is 104 Å². The summed E-state index contributed by atoms with van der Waals surface area (Å²) in [6.45, 7) is 21.6. The fourth-order valence-corrected chi connectivity index (χ4v) is 6.10. The van der Waals surface area contributed by atoms with E-state index in [0.29, 0.717) is 5.82 Å². The largest absolute Gasteiger partial charge is 0.414 e. The zero-order valence-electron chi connectivity index (χ0n) is 23.3. The number of nitrogens with one attached hydrogen (secondary N) is 1. The fraction of sp³-hybridized carbons (Fsp3) is 0.833. The molecule has 0 bridgehead atoms. The fourth-order valence-electron chi connectivity index (χ4n) is 3.77. The molecule has 2 aromatic rings. The smallest absolute Gasteiger partial charge is 0.281 e. The Balaban J connectivity index is 1.68. The molecule has 36 heavy (non-hydrogen) atoms. The number of ether oxygens (including phenoxy) is 1. The van der Waals surface area contributed by atoms with Crippen LogP contribution in [-0.4, -0.2) is 66.6 Å². The summed E-state index contributed by atoms with van der Waals surface area (Å²) in [6, 6.07) is 0. The average Bonchev–Trinajstić information content (AvgIpc) is 3.43. The monoisotopic (exact) mass is 539 g/mol. The maximum atomic E-state index is 16.3. The normalized spacial score (nSPS) is 26.2. The molecule has 0 spiro atoms. The van der Waals surface area contributed by atoms with Gasteiger partial charge in [-0.3, -0.25) is 4.79 Å². The van der Waals surface area contributed by atoms with Gasteiger partial charge in [-0.2, -0.15) is 4.68 Å². The number of aromatic nitrogens is 5. The lowest BCUT2D eigenvalue weighted by molar-refractivity contribution is -0.0477. The second kappa shape index (κ2) is 9.07. The number of hydrogen-bond donors (Lipinski definition) is 1. The molecule has 0 radical (unpaired) electrons. The van der Waals surface area contributed by atoms with Crippen LogP contribution in [0.15, 0.2) is 4.79 Å². The number of rotatable bonds is 7. The van der Waals surface area contributed by atoms with Crippen LogP contribution >= 0.6 is 0 Å². The standard InChI is InChI=1S/C24H42FN5O4Si2/c1-23(2,3)35(7,8)32-13-15-18(34-36(9,10)24(4,5)6)16(25)22(33-15)30-20-17(28-29-30)21(31)27-19(26-20)14-11-12-14/h14-16,18,22H,11-13H2,1-10H3,(H,26,27,31)/t15-,16+,18-,22-/m1/s1. The molecule has 1 saturated carbocycles. The third-order valence-electron chi connectivity index (χ3n) is 8.48. The van der Waals surface area contributed by atoms with Crippen molar-refractivity contribution in [2.75, 3.05) is 6.61 Å². The summed E-state index contributed by atoms with van der Waals surface area (Å²) in [6.07, 6.45) is -2.16. The van der Waals surface area contributed by atoms with Gasteiger partial charge in [0.25, 0.3) is 5.56 Å². The quantitative estimate of drug-likeness (QED) is 0.492. The van der Waals surface area contributed by atoms with E-state index in [-0.39, 0.29) is 39.3 Å². The molecule has 0 unspecified atom stereocenters. The maximum Gasteiger partial charge on any atom is 0.281 e. The summed E-state index contributed by atoms with van der Waals surface area (Å²) in [4.78, 5) is 20.0. The van der Waals surface area contributed by atoms with Crippen molar-refractivity contribution in [3.8, 4) is 0 Å². The molecule has 4 rings (SSSR count). The molecule has 2 fully saturated rings. The first-order chi connectivity index (χ1) is 16.4. The molecule has 9 nitrogen and oxygen atoms in total. The highest BCUT2D eigenvalue weighted by molar-refractivity contribution is 6.74. The van der Waals surface area contributed by atoms with Crippen LogP contribution in [0.3, 0.4) is 0 Å². The average molecular weight is 540 g/mol. The first kappa shape index (κ1) is 27.6. The van der Waals surface area contributed by atoms with Crippen molar-refractivity contribution in [1.82, 2.24) is 25.0 Å². The highest BCUT2D eigenvalue weighted by atomic mass is 28.4. The van der Waals surface area contributed by atoms with Gasteiger partial charge >= 0.3 is 0 Å². The number of aromatic amines is 1. The van der Waals surface area contributed by atoms with Gasteiger partial charge in [0.05, 0.1) is 6.61 Å². The highest BCUT2D eigenvalue weighted by Gasteiger charge is 2.53. The molecular formula is C24H42FN5O4Si2. The molecule has 0 amide bonds. The van der Waals surface area contributed by atoms with E-state index < -0.39 is 41.2 Å². The van der Waals surface area contributed by atoms with Gasteiger partial charge in [0.15, 0.2) is 40.2 Å². The molecule has 3 heterocycles. The first-order valence-electron chi connectivity index (χ1n) is 12.9. The van der Waals surface area contributed by atoms with Crippen molar-refractivity contribution in [2.45, 2.75) is 121 Å². The van der Waals surface area contributed by atoms with Crippen LogP contribution in [0.25, 0.3) is 11.2 Å². The van der Waals surface area contributed by atoms with Crippen molar-refractivity contribution in [2.24, 2.45) is 0 Å².